The lowest BCUT2D eigenvalue weighted by Crippen LogP contribution is -2.44. The van der Waals surface area contributed by atoms with Gasteiger partial charge < -0.3 is 19.9 Å². The van der Waals surface area contributed by atoms with Crippen LogP contribution in [0.2, 0.25) is 0 Å². The molecule has 0 aliphatic carbocycles. The molecule has 3 heterocycles. The molecule has 0 spiro atoms. The Balaban J connectivity index is 1.42. The van der Waals surface area contributed by atoms with Gasteiger partial charge in [0, 0.05) is 69.5 Å². The zero-order valence-corrected chi connectivity index (χ0v) is 19.2. The maximum atomic E-state index is 13.3. The van der Waals surface area contributed by atoms with Crippen molar-refractivity contribution in [3.63, 3.8) is 0 Å². The molecule has 2 aliphatic rings. The average Bonchev–Trinajstić information content (AvgIpc) is 3.19. The minimum Gasteiger partial charge on any atom is -0.383 e. The molecule has 3 amide bonds. The van der Waals surface area contributed by atoms with Gasteiger partial charge in [0.05, 0.1) is 13.2 Å². The Morgan fingerprint density at radius 3 is 2.48 bits per heavy atom. The van der Waals surface area contributed by atoms with Gasteiger partial charge in [-0.05, 0) is 25.0 Å². The van der Waals surface area contributed by atoms with Crippen molar-refractivity contribution in [1.82, 2.24) is 24.9 Å². The number of aromatic nitrogens is 2. The monoisotopic (exact) mass is 453 g/mol. The van der Waals surface area contributed by atoms with E-state index in [1.807, 2.05) is 37.4 Å². The molecule has 0 radical (unpaired) electrons. The summed E-state index contributed by atoms with van der Waals surface area (Å²) in [6.07, 6.45) is 1.91. The molecule has 0 saturated carbocycles. The van der Waals surface area contributed by atoms with Gasteiger partial charge in [-0.1, -0.05) is 18.2 Å². The predicted molar refractivity (Wildman–Crippen MR) is 122 cm³/mol. The number of nitrogens with one attached hydrogen (secondary N) is 1. The average molecular weight is 454 g/mol. The third kappa shape index (κ3) is 4.93. The highest BCUT2D eigenvalue weighted by atomic mass is 16.5. The van der Waals surface area contributed by atoms with Gasteiger partial charge in [-0.25, -0.2) is 0 Å². The molecule has 33 heavy (non-hydrogen) atoms. The van der Waals surface area contributed by atoms with Gasteiger partial charge in [-0.15, -0.1) is 0 Å². The minimum atomic E-state index is -0.126. The Hall–Kier alpha value is -3.20. The highest BCUT2D eigenvalue weighted by Crippen LogP contribution is 2.26. The molecule has 176 valence electrons. The van der Waals surface area contributed by atoms with Crippen LogP contribution in [-0.4, -0.2) is 77.2 Å². The zero-order chi connectivity index (χ0) is 23.4. The third-order valence-corrected chi connectivity index (χ3v) is 6.51. The van der Waals surface area contributed by atoms with E-state index in [1.54, 1.807) is 21.6 Å². The second kappa shape index (κ2) is 10.2. The van der Waals surface area contributed by atoms with Crippen LogP contribution in [0.1, 0.15) is 44.9 Å². The molecule has 2 aliphatic heterocycles. The maximum absolute atomic E-state index is 13.3. The van der Waals surface area contributed by atoms with Gasteiger partial charge in [0.1, 0.15) is 0 Å². The van der Waals surface area contributed by atoms with Crippen LogP contribution in [-0.2, 0) is 29.5 Å². The van der Waals surface area contributed by atoms with Gasteiger partial charge in [0.2, 0.25) is 5.91 Å². The summed E-state index contributed by atoms with van der Waals surface area (Å²) >= 11 is 0. The smallest absolute Gasteiger partial charge is 0.274 e. The lowest BCUT2D eigenvalue weighted by Gasteiger charge is -2.32. The largest absolute Gasteiger partial charge is 0.383 e. The second-order valence-corrected chi connectivity index (χ2v) is 8.59. The summed E-state index contributed by atoms with van der Waals surface area (Å²) in [6.45, 7) is 2.97. The number of carbonyl (C=O) groups excluding carboxylic acids is 3. The van der Waals surface area contributed by atoms with E-state index in [2.05, 4.69) is 10.4 Å². The summed E-state index contributed by atoms with van der Waals surface area (Å²) in [5, 5.41) is 7.41. The van der Waals surface area contributed by atoms with Crippen molar-refractivity contribution < 1.29 is 19.1 Å². The van der Waals surface area contributed by atoms with Crippen LogP contribution in [0.15, 0.2) is 30.3 Å². The summed E-state index contributed by atoms with van der Waals surface area (Å²) in [6, 6.07) is 9.20. The lowest BCUT2D eigenvalue weighted by molar-refractivity contribution is -0.126. The first-order valence-corrected chi connectivity index (χ1v) is 11.4. The molecule has 0 bridgehead atoms. The molecule has 9 heteroatoms. The van der Waals surface area contributed by atoms with E-state index in [4.69, 9.17) is 4.74 Å². The maximum Gasteiger partial charge on any atom is 0.274 e. The number of aryl methyl sites for hydroxylation is 1. The molecule has 0 atom stereocenters. The van der Waals surface area contributed by atoms with Crippen LogP contribution in [0, 0.1) is 5.92 Å². The van der Waals surface area contributed by atoms with Crippen LogP contribution >= 0.6 is 0 Å². The molecule has 2 aromatic rings. The normalized spacial score (nSPS) is 16.4. The summed E-state index contributed by atoms with van der Waals surface area (Å²) in [4.78, 5) is 42.2. The van der Waals surface area contributed by atoms with E-state index in [0.717, 1.165) is 11.3 Å². The number of nitrogens with zero attached hydrogens (tertiary/aromatic N) is 4. The topological polar surface area (TPSA) is 96.8 Å². The molecular weight excluding hydrogens is 422 g/mol. The molecule has 1 aromatic heterocycles. The Kier molecular flexibility index (Phi) is 7.08. The fourth-order valence-corrected chi connectivity index (χ4v) is 4.62. The lowest BCUT2D eigenvalue weighted by atomic mass is 9.95. The molecule has 1 saturated heterocycles. The van der Waals surface area contributed by atoms with Gasteiger partial charge in [-0.3, -0.25) is 19.1 Å². The molecule has 1 fully saturated rings. The third-order valence-electron chi connectivity index (χ3n) is 6.51. The van der Waals surface area contributed by atoms with Crippen molar-refractivity contribution in [3.8, 4) is 0 Å². The Morgan fingerprint density at radius 2 is 1.79 bits per heavy atom. The fourth-order valence-electron chi connectivity index (χ4n) is 4.62. The molecule has 1 aromatic carbocycles. The van der Waals surface area contributed by atoms with Crippen molar-refractivity contribution in [2.24, 2.45) is 13.0 Å². The zero-order valence-electron chi connectivity index (χ0n) is 19.2. The highest BCUT2D eigenvalue weighted by molar-refractivity contribution is 5.96. The highest BCUT2D eigenvalue weighted by Gasteiger charge is 2.33. The SMILES string of the molecule is COCCNC(=O)C1CCN(C(=O)c2nn(C)c3c2CN(C(=O)c2ccccc2)CC3)CC1. The van der Waals surface area contributed by atoms with Crippen molar-refractivity contribution >= 4 is 17.7 Å². The first kappa shape index (κ1) is 23.0. The van der Waals surface area contributed by atoms with Crippen LogP contribution in [0.25, 0.3) is 0 Å². The molecule has 0 unspecified atom stereocenters. The number of methoxy groups -OCH3 is 1. The quantitative estimate of drug-likeness (QED) is 0.664. The number of ether oxygens (including phenoxy) is 1. The predicted octanol–water partition coefficient (Wildman–Crippen LogP) is 1.23. The van der Waals surface area contributed by atoms with E-state index in [1.165, 1.54) is 0 Å². The summed E-state index contributed by atoms with van der Waals surface area (Å²) < 4.78 is 6.74. The van der Waals surface area contributed by atoms with E-state index < -0.39 is 0 Å². The van der Waals surface area contributed by atoms with Gasteiger partial charge in [0.15, 0.2) is 5.69 Å². The number of likely N-dealkylation sites (tertiary alicyclic amines) is 1. The van der Waals surface area contributed by atoms with E-state index in [0.29, 0.717) is 69.9 Å². The van der Waals surface area contributed by atoms with Crippen LogP contribution in [0.4, 0.5) is 0 Å². The number of benzene rings is 1. The Bertz CT molecular complexity index is 1010. The van der Waals surface area contributed by atoms with Gasteiger partial charge in [0.25, 0.3) is 11.8 Å². The molecular formula is C24H31N5O4. The van der Waals surface area contributed by atoms with Crippen LogP contribution in [0.3, 0.4) is 0 Å². The number of carbonyl (C=O) groups is 3. The van der Waals surface area contributed by atoms with Crippen LogP contribution < -0.4 is 5.32 Å². The second-order valence-electron chi connectivity index (χ2n) is 8.59. The molecule has 4 rings (SSSR count). The molecule has 9 nitrogen and oxygen atoms in total. The standard InChI is InChI=1S/C24H31N5O4/c1-27-20-10-14-29(23(31)18-6-4-3-5-7-18)16-19(20)21(26-27)24(32)28-12-8-17(9-13-28)22(30)25-11-15-33-2/h3-7,17H,8-16H2,1-2H3,(H,25,30). The number of hydrogen-bond donors (Lipinski definition) is 1. The number of rotatable bonds is 6. The summed E-state index contributed by atoms with van der Waals surface area (Å²) in [5.74, 6) is -0.241. The first-order chi connectivity index (χ1) is 16.0. The number of hydrogen-bond acceptors (Lipinski definition) is 5. The van der Waals surface area contributed by atoms with Crippen molar-refractivity contribution in [1.29, 1.82) is 0 Å². The first-order valence-electron chi connectivity index (χ1n) is 11.4. The van der Waals surface area contributed by atoms with E-state index >= 15 is 0 Å². The van der Waals surface area contributed by atoms with E-state index in [9.17, 15) is 14.4 Å². The number of amides is 3. The van der Waals surface area contributed by atoms with Gasteiger partial charge in [-0.2, -0.15) is 5.10 Å². The molecule has 1 N–H and O–H groups in total. The van der Waals surface area contributed by atoms with E-state index in [-0.39, 0.29) is 23.6 Å². The van der Waals surface area contributed by atoms with Gasteiger partial charge >= 0.3 is 0 Å². The van der Waals surface area contributed by atoms with Crippen molar-refractivity contribution in [2.75, 3.05) is 39.9 Å². The Morgan fingerprint density at radius 1 is 1.06 bits per heavy atom. The minimum absolute atomic E-state index is 0.0180. The number of piperidine rings is 1. The van der Waals surface area contributed by atoms with Crippen LogP contribution in [0.5, 0.6) is 0 Å². The van der Waals surface area contributed by atoms with Crippen molar-refractivity contribution in [3.05, 3.63) is 52.8 Å². The summed E-state index contributed by atoms with van der Waals surface area (Å²) in [5.41, 5.74) is 2.89. The fraction of sp³-hybridized carbons (Fsp3) is 0.500. The summed E-state index contributed by atoms with van der Waals surface area (Å²) in [7, 11) is 3.45. The number of fused-ring (bicyclic) bond motifs is 1. The Labute approximate surface area is 193 Å². The van der Waals surface area contributed by atoms with Crippen molar-refractivity contribution in [2.45, 2.75) is 25.8 Å².